The van der Waals surface area contributed by atoms with Crippen LogP contribution in [0.5, 0.6) is 0 Å². The first-order valence-electron chi connectivity index (χ1n) is 4.36. The lowest BCUT2D eigenvalue weighted by Crippen LogP contribution is -2.15. The topological polar surface area (TPSA) is 38.1 Å². The number of hydrogen-bond acceptors (Lipinski definition) is 3. The zero-order valence-corrected chi connectivity index (χ0v) is 9.08. The Balaban J connectivity index is 2.39. The van der Waals surface area contributed by atoms with Gasteiger partial charge in [0.15, 0.2) is 0 Å². The van der Waals surface area contributed by atoms with E-state index in [1.54, 1.807) is 18.1 Å². The molecule has 0 radical (unpaired) electrons. The highest BCUT2D eigenvalue weighted by atomic mass is 32.2. The summed E-state index contributed by atoms with van der Waals surface area (Å²) >= 11 is 1.75. The van der Waals surface area contributed by atoms with Crippen molar-refractivity contribution in [1.29, 1.82) is 0 Å². The number of thioether (sulfide) groups is 1. The summed E-state index contributed by atoms with van der Waals surface area (Å²) < 4.78 is 2.00. The quantitative estimate of drug-likeness (QED) is 0.799. The lowest BCUT2D eigenvalue weighted by atomic mass is 10.3. The van der Waals surface area contributed by atoms with Crippen molar-refractivity contribution in [2.75, 3.05) is 0 Å². The van der Waals surface area contributed by atoms with Crippen LogP contribution in [0.1, 0.15) is 19.5 Å². The predicted molar refractivity (Wildman–Crippen MR) is 55.6 cm³/mol. The van der Waals surface area contributed by atoms with E-state index in [9.17, 15) is 5.11 Å². The van der Waals surface area contributed by atoms with Gasteiger partial charge in [-0.15, -0.1) is 11.8 Å². The molecule has 0 saturated heterocycles. The number of hydrogen-bond donors (Lipinski definition) is 1. The number of aliphatic hydroxyl groups excluding tert-OH is 1. The summed E-state index contributed by atoms with van der Waals surface area (Å²) in [6.45, 7) is 3.85. The first-order valence-corrected chi connectivity index (χ1v) is 5.41. The van der Waals surface area contributed by atoms with Crippen molar-refractivity contribution in [1.82, 2.24) is 9.55 Å². The summed E-state index contributed by atoms with van der Waals surface area (Å²) in [5.41, 5.74) is 1.19. The molecule has 0 aliphatic carbocycles. The van der Waals surface area contributed by atoms with Crippen LogP contribution in [-0.2, 0) is 12.8 Å². The highest BCUT2D eigenvalue weighted by molar-refractivity contribution is 7.99. The van der Waals surface area contributed by atoms with Gasteiger partial charge in [0.05, 0.1) is 12.4 Å². The lowest BCUT2D eigenvalue weighted by molar-refractivity contribution is 0.196. The summed E-state index contributed by atoms with van der Waals surface area (Å²) in [4.78, 5) is 4.03. The van der Waals surface area contributed by atoms with Crippen molar-refractivity contribution in [2.24, 2.45) is 7.05 Å². The fraction of sp³-hybridized carbons (Fsp3) is 0.667. The summed E-state index contributed by atoms with van der Waals surface area (Å²) in [7, 11) is 1.98. The minimum atomic E-state index is -0.252. The number of aryl methyl sites for hydroxylation is 1. The van der Waals surface area contributed by atoms with Crippen molar-refractivity contribution in [3.8, 4) is 0 Å². The second-order valence-electron chi connectivity index (χ2n) is 3.25. The van der Waals surface area contributed by atoms with Crippen LogP contribution in [-0.4, -0.2) is 26.0 Å². The Morgan fingerprint density at radius 1 is 1.62 bits per heavy atom. The first-order chi connectivity index (χ1) is 6.11. The molecule has 0 aliphatic heterocycles. The smallest absolute Gasteiger partial charge is 0.0945 e. The molecule has 0 amide bonds. The Labute approximate surface area is 83.2 Å². The van der Waals surface area contributed by atoms with Crippen molar-refractivity contribution in [3.05, 3.63) is 18.2 Å². The SMILES string of the molecule is CC(O)C(C)SCc1cncn1C. The van der Waals surface area contributed by atoms with Crippen molar-refractivity contribution in [3.63, 3.8) is 0 Å². The number of aliphatic hydroxyl groups is 1. The van der Waals surface area contributed by atoms with E-state index >= 15 is 0 Å². The maximum atomic E-state index is 9.28. The third-order valence-electron chi connectivity index (χ3n) is 2.09. The van der Waals surface area contributed by atoms with Crippen LogP contribution in [0.3, 0.4) is 0 Å². The highest BCUT2D eigenvalue weighted by Crippen LogP contribution is 2.19. The fourth-order valence-electron chi connectivity index (χ4n) is 0.880. The van der Waals surface area contributed by atoms with E-state index < -0.39 is 0 Å². The van der Waals surface area contributed by atoms with E-state index in [1.807, 2.05) is 31.7 Å². The standard InChI is InChI=1S/C9H16N2OS/c1-7(12)8(2)13-5-9-4-10-6-11(9)3/h4,6-8,12H,5H2,1-3H3. The van der Waals surface area contributed by atoms with Gasteiger partial charge in [-0.05, 0) is 6.92 Å². The van der Waals surface area contributed by atoms with Gasteiger partial charge in [0.1, 0.15) is 0 Å². The lowest BCUT2D eigenvalue weighted by Gasteiger charge is -2.13. The third kappa shape index (κ3) is 3.04. The van der Waals surface area contributed by atoms with Gasteiger partial charge in [-0.2, -0.15) is 0 Å². The predicted octanol–water partition coefficient (Wildman–Crippen LogP) is 1.42. The van der Waals surface area contributed by atoms with Gasteiger partial charge in [0, 0.05) is 29.9 Å². The monoisotopic (exact) mass is 200 g/mol. The molecule has 0 aromatic carbocycles. The Bertz CT molecular complexity index is 260. The molecule has 0 bridgehead atoms. The molecule has 4 heteroatoms. The molecule has 1 rings (SSSR count). The number of imidazole rings is 1. The Kier molecular flexibility index (Phi) is 3.81. The Morgan fingerprint density at radius 2 is 2.31 bits per heavy atom. The molecule has 0 aliphatic rings. The maximum Gasteiger partial charge on any atom is 0.0945 e. The molecule has 74 valence electrons. The van der Waals surface area contributed by atoms with Gasteiger partial charge < -0.3 is 9.67 Å². The minimum Gasteiger partial charge on any atom is -0.392 e. The van der Waals surface area contributed by atoms with Crippen LogP contribution in [0.25, 0.3) is 0 Å². The second kappa shape index (κ2) is 4.67. The van der Waals surface area contributed by atoms with Gasteiger partial charge in [-0.3, -0.25) is 0 Å². The number of aromatic nitrogens is 2. The zero-order valence-electron chi connectivity index (χ0n) is 8.27. The van der Waals surface area contributed by atoms with Gasteiger partial charge in [-0.1, -0.05) is 6.92 Å². The molecule has 1 heterocycles. The Morgan fingerprint density at radius 3 is 2.77 bits per heavy atom. The maximum absolute atomic E-state index is 9.28. The molecule has 0 spiro atoms. The number of nitrogens with zero attached hydrogens (tertiary/aromatic N) is 2. The second-order valence-corrected chi connectivity index (χ2v) is 4.62. The fourth-order valence-corrected chi connectivity index (χ4v) is 1.87. The van der Waals surface area contributed by atoms with Crippen LogP contribution in [0.2, 0.25) is 0 Å². The largest absolute Gasteiger partial charge is 0.392 e. The molecule has 13 heavy (non-hydrogen) atoms. The van der Waals surface area contributed by atoms with Crippen LogP contribution >= 0.6 is 11.8 Å². The van der Waals surface area contributed by atoms with E-state index in [4.69, 9.17) is 0 Å². The summed E-state index contributed by atoms with van der Waals surface area (Å²) in [6, 6.07) is 0. The van der Waals surface area contributed by atoms with Crippen molar-refractivity contribution in [2.45, 2.75) is 31.0 Å². The number of rotatable bonds is 4. The van der Waals surface area contributed by atoms with E-state index in [-0.39, 0.29) is 11.4 Å². The molecule has 1 aromatic heterocycles. The van der Waals surface area contributed by atoms with Crippen molar-refractivity contribution >= 4 is 11.8 Å². The Hall–Kier alpha value is -0.480. The molecular weight excluding hydrogens is 184 g/mol. The minimum absolute atomic E-state index is 0.252. The third-order valence-corrected chi connectivity index (χ3v) is 3.47. The average Bonchev–Trinajstić information content (AvgIpc) is 2.47. The molecule has 3 nitrogen and oxygen atoms in total. The summed E-state index contributed by atoms with van der Waals surface area (Å²) in [6.07, 6.45) is 3.41. The molecule has 2 atom stereocenters. The van der Waals surface area contributed by atoms with Gasteiger partial charge in [-0.25, -0.2) is 4.98 Å². The van der Waals surface area contributed by atoms with Crippen molar-refractivity contribution < 1.29 is 5.11 Å². The van der Waals surface area contributed by atoms with Crippen LogP contribution in [0.4, 0.5) is 0 Å². The highest BCUT2D eigenvalue weighted by Gasteiger charge is 2.09. The van der Waals surface area contributed by atoms with Crippen LogP contribution in [0, 0.1) is 0 Å². The molecule has 0 saturated carbocycles. The molecule has 1 N–H and O–H groups in total. The average molecular weight is 200 g/mol. The van der Waals surface area contributed by atoms with Crippen LogP contribution < -0.4 is 0 Å². The normalized spacial score (nSPS) is 15.7. The molecular formula is C9H16N2OS. The van der Waals surface area contributed by atoms with E-state index in [0.717, 1.165) is 5.75 Å². The van der Waals surface area contributed by atoms with Gasteiger partial charge in [0.25, 0.3) is 0 Å². The van der Waals surface area contributed by atoms with E-state index in [0.29, 0.717) is 0 Å². The van der Waals surface area contributed by atoms with E-state index in [1.165, 1.54) is 5.69 Å². The summed E-state index contributed by atoms with van der Waals surface area (Å²) in [5.74, 6) is 0.905. The first kappa shape index (κ1) is 10.6. The van der Waals surface area contributed by atoms with E-state index in [2.05, 4.69) is 4.98 Å². The molecule has 1 aromatic rings. The molecule has 2 unspecified atom stereocenters. The molecule has 0 fully saturated rings. The zero-order chi connectivity index (χ0) is 9.84. The van der Waals surface area contributed by atoms with Gasteiger partial charge >= 0.3 is 0 Å². The van der Waals surface area contributed by atoms with Crippen LogP contribution in [0.15, 0.2) is 12.5 Å². The van der Waals surface area contributed by atoms with Gasteiger partial charge in [0.2, 0.25) is 0 Å². The summed E-state index contributed by atoms with van der Waals surface area (Å²) in [5, 5.41) is 9.55.